The smallest absolute Gasteiger partial charge is 0.104 e. The van der Waals surface area contributed by atoms with Crippen molar-refractivity contribution in [1.82, 2.24) is 14.9 Å². The molecule has 0 amide bonds. The fourth-order valence-electron chi connectivity index (χ4n) is 1.58. The van der Waals surface area contributed by atoms with Crippen molar-refractivity contribution in [1.29, 1.82) is 0 Å². The summed E-state index contributed by atoms with van der Waals surface area (Å²) in [5.74, 6) is 0. The van der Waals surface area contributed by atoms with Gasteiger partial charge in [-0.05, 0) is 24.5 Å². The van der Waals surface area contributed by atoms with E-state index in [-0.39, 0.29) is 6.10 Å². The molecular weight excluding hydrogens is 186 g/mol. The highest BCUT2D eigenvalue weighted by molar-refractivity contribution is 7.03. The summed E-state index contributed by atoms with van der Waals surface area (Å²) in [7, 11) is 0. The molecule has 4 nitrogen and oxygen atoms in total. The van der Waals surface area contributed by atoms with E-state index in [1.165, 1.54) is 11.5 Å². The van der Waals surface area contributed by atoms with Gasteiger partial charge in [0.25, 0.3) is 0 Å². The van der Waals surface area contributed by atoms with Gasteiger partial charge >= 0.3 is 0 Å². The molecule has 1 saturated heterocycles. The number of aromatic nitrogens is 2. The van der Waals surface area contributed by atoms with E-state index in [4.69, 9.17) is 4.74 Å². The van der Waals surface area contributed by atoms with Crippen molar-refractivity contribution in [3.8, 4) is 0 Å². The fraction of sp³-hybridized carbons (Fsp3) is 0.750. The molecule has 0 saturated carbocycles. The average molecular weight is 199 g/mol. The third-order valence-electron chi connectivity index (χ3n) is 2.20. The summed E-state index contributed by atoms with van der Waals surface area (Å²) in [6, 6.07) is 0.483. The van der Waals surface area contributed by atoms with Crippen molar-refractivity contribution < 1.29 is 4.74 Å². The molecular formula is C8H13N3OS. The molecule has 2 unspecified atom stereocenters. The molecule has 0 spiro atoms. The maximum atomic E-state index is 5.60. The van der Waals surface area contributed by atoms with E-state index in [0.717, 1.165) is 25.3 Å². The van der Waals surface area contributed by atoms with Gasteiger partial charge in [-0.15, -0.1) is 5.10 Å². The van der Waals surface area contributed by atoms with Crippen LogP contribution in [-0.4, -0.2) is 28.8 Å². The second kappa shape index (κ2) is 4.13. The molecule has 72 valence electrons. The summed E-state index contributed by atoms with van der Waals surface area (Å²) in [4.78, 5) is 0. The molecule has 0 aliphatic carbocycles. The Labute approximate surface area is 81.5 Å². The maximum Gasteiger partial charge on any atom is 0.104 e. The zero-order valence-electron chi connectivity index (χ0n) is 7.56. The summed E-state index contributed by atoms with van der Waals surface area (Å²) >= 11 is 1.38. The minimum Gasteiger partial charge on any atom is -0.370 e. The molecule has 0 aromatic carbocycles. The van der Waals surface area contributed by atoms with Crippen LogP contribution >= 0.6 is 11.5 Å². The summed E-state index contributed by atoms with van der Waals surface area (Å²) in [6.07, 6.45) is 1.17. The second-order valence-corrected chi connectivity index (χ2v) is 3.75. The molecule has 0 radical (unpaired) electrons. The zero-order valence-corrected chi connectivity index (χ0v) is 8.38. The minimum atomic E-state index is 0.155. The van der Waals surface area contributed by atoms with Gasteiger partial charge in [0.05, 0.1) is 6.61 Å². The van der Waals surface area contributed by atoms with Gasteiger partial charge in [-0.25, -0.2) is 0 Å². The van der Waals surface area contributed by atoms with Crippen LogP contribution < -0.4 is 5.32 Å². The van der Waals surface area contributed by atoms with Gasteiger partial charge in [0.2, 0.25) is 0 Å². The highest BCUT2D eigenvalue weighted by Crippen LogP contribution is 2.27. The van der Waals surface area contributed by atoms with Crippen LogP contribution in [0.2, 0.25) is 0 Å². The molecule has 1 aliphatic heterocycles. The topological polar surface area (TPSA) is 47.0 Å². The van der Waals surface area contributed by atoms with Crippen LogP contribution in [0, 0.1) is 0 Å². The predicted molar refractivity (Wildman–Crippen MR) is 50.7 cm³/mol. The van der Waals surface area contributed by atoms with Gasteiger partial charge in [0.1, 0.15) is 11.8 Å². The zero-order chi connectivity index (χ0) is 9.10. The van der Waals surface area contributed by atoms with Crippen molar-refractivity contribution in [2.24, 2.45) is 0 Å². The molecule has 2 atom stereocenters. The highest BCUT2D eigenvalue weighted by Gasteiger charge is 2.27. The van der Waals surface area contributed by atoms with Crippen LogP contribution in [-0.2, 0) is 4.74 Å². The standard InChI is InChI=1S/C8H13N3OS/c1-2-9-6-3-8(12-4-6)7-5-13-11-10-7/h5-6,8-9H,2-4H2,1H3. The van der Waals surface area contributed by atoms with Gasteiger partial charge in [-0.2, -0.15) is 0 Å². The molecule has 2 heterocycles. The lowest BCUT2D eigenvalue weighted by Gasteiger charge is -2.06. The molecule has 1 N–H and O–H groups in total. The lowest BCUT2D eigenvalue weighted by molar-refractivity contribution is 0.106. The highest BCUT2D eigenvalue weighted by atomic mass is 32.1. The number of hydrogen-bond donors (Lipinski definition) is 1. The van der Waals surface area contributed by atoms with Crippen LogP contribution in [0.15, 0.2) is 5.38 Å². The van der Waals surface area contributed by atoms with Crippen LogP contribution in [0.5, 0.6) is 0 Å². The number of nitrogens with zero attached hydrogens (tertiary/aromatic N) is 2. The van der Waals surface area contributed by atoms with E-state index in [9.17, 15) is 0 Å². The van der Waals surface area contributed by atoms with E-state index in [2.05, 4.69) is 21.8 Å². The van der Waals surface area contributed by atoms with Gasteiger partial charge < -0.3 is 10.1 Å². The van der Waals surface area contributed by atoms with Crippen molar-refractivity contribution in [3.63, 3.8) is 0 Å². The van der Waals surface area contributed by atoms with Crippen molar-refractivity contribution in [3.05, 3.63) is 11.1 Å². The Balaban J connectivity index is 1.91. The molecule has 5 heteroatoms. The van der Waals surface area contributed by atoms with Crippen LogP contribution in [0.4, 0.5) is 0 Å². The monoisotopic (exact) mass is 199 g/mol. The normalized spacial score (nSPS) is 28.1. The fourth-order valence-corrected chi connectivity index (χ4v) is 2.07. The third-order valence-corrected chi connectivity index (χ3v) is 2.72. The predicted octanol–water partition coefficient (Wildman–Crippen LogP) is 0.978. The van der Waals surface area contributed by atoms with Gasteiger partial charge in [-0.1, -0.05) is 11.4 Å². The number of nitrogens with one attached hydrogen (secondary N) is 1. The molecule has 1 aromatic rings. The van der Waals surface area contributed by atoms with E-state index in [1.54, 1.807) is 0 Å². The SMILES string of the molecule is CCNC1COC(c2csnn2)C1. The van der Waals surface area contributed by atoms with Gasteiger partial charge in [0, 0.05) is 11.4 Å². The summed E-state index contributed by atoms with van der Waals surface area (Å²) in [6.45, 7) is 3.89. The first-order valence-corrected chi connectivity index (χ1v) is 5.35. The van der Waals surface area contributed by atoms with E-state index >= 15 is 0 Å². The largest absolute Gasteiger partial charge is 0.370 e. The molecule has 0 bridgehead atoms. The Hall–Kier alpha value is -0.520. The summed E-state index contributed by atoms with van der Waals surface area (Å²) < 4.78 is 9.43. The van der Waals surface area contributed by atoms with Crippen molar-refractivity contribution in [2.45, 2.75) is 25.5 Å². The lowest BCUT2D eigenvalue weighted by Crippen LogP contribution is -2.28. The Morgan fingerprint density at radius 1 is 1.77 bits per heavy atom. The molecule has 13 heavy (non-hydrogen) atoms. The number of rotatable bonds is 3. The molecule has 2 rings (SSSR count). The molecule has 1 aliphatic rings. The number of ether oxygens (including phenoxy) is 1. The number of hydrogen-bond acceptors (Lipinski definition) is 5. The summed E-state index contributed by atoms with van der Waals surface area (Å²) in [5.41, 5.74) is 0.977. The Morgan fingerprint density at radius 2 is 2.69 bits per heavy atom. The Kier molecular flexibility index (Phi) is 2.87. The first kappa shape index (κ1) is 9.05. The number of likely N-dealkylation sites (N-methyl/N-ethyl adjacent to an activating group) is 1. The van der Waals surface area contributed by atoms with E-state index in [0.29, 0.717) is 6.04 Å². The molecule has 1 fully saturated rings. The Bertz CT molecular complexity index is 252. The first-order valence-electron chi connectivity index (χ1n) is 4.52. The maximum absolute atomic E-state index is 5.60. The average Bonchev–Trinajstić information content (AvgIpc) is 2.70. The summed E-state index contributed by atoms with van der Waals surface area (Å²) in [5, 5.41) is 9.33. The van der Waals surface area contributed by atoms with Crippen molar-refractivity contribution >= 4 is 11.5 Å². The molecule has 1 aromatic heterocycles. The van der Waals surface area contributed by atoms with Crippen LogP contribution in [0.1, 0.15) is 25.1 Å². The van der Waals surface area contributed by atoms with Crippen LogP contribution in [0.25, 0.3) is 0 Å². The van der Waals surface area contributed by atoms with E-state index < -0.39 is 0 Å². The second-order valence-electron chi connectivity index (χ2n) is 3.14. The van der Waals surface area contributed by atoms with Crippen LogP contribution in [0.3, 0.4) is 0 Å². The van der Waals surface area contributed by atoms with Crippen molar-refractivity contribution in [2.75, 3.05) is 13.2 Å². The van der Waals surface area contributed by atoms with Gasteiger partial charge in [-0.3, -0.25) is 0 Å². The first-order chi connectivity index (χ1) is 6.40. The van der Waals surface area contributed by atoms with E-state index in [1.807, 2.05) is 5.38 Å². The van der Waals surface area contributed by atoms with Gasteiger partial charge in [0.15, 0.2) is 0 Å². The quantitative estimate of drug-likeness (QED) is 0.788. The lowest BCUT2D eigenvalue weighted by atomic mass is 10.1. The Morgan fingerprint density at radius 3 is 3.38 bits per heavy atom. The third kappa shape index (κ3) is 2.04. The minimum absolute atomic E-state index is 0.155.